The van der Waals surface area contributed by atoms with Crippen LogP contribution in [0.5, 0.6) is 0 Å². The lowest BCUT2D eigenvalue weighted by Gasteiger charge is -2.31. The van der Waals surface area contributed by atoms with E-state index in [9.17, 15) is 22.8 Å². The van der Waals surface area contributed by atoms with E-state index in [1.165, 1.54) is 12.1 Å². The number of alkyl halides is 3. The largest absolute Gasteiger partial charge is 0.416 e. The number of hydrogen-bond acceptors (Lipinski definition) is 5. The van der Waals surface area contributed by atoms with Gasteiger partial charge in [-0.15, -0.1) is 0 Å². The van der Waals surface area contributed by atoms with Crippen LogP contribution in [0.1, 0.15) is 48.0 Å². The summed E-state index contributed by atoms with van der Waals surface area (Å²) in [5.41, 5.74) is 0.0432. The molecule has 3 rings (SSSR count). The van der Waals surface area contributed by atoms with Crippen LogP contribution in [0.25, 0.3) is 0 Å². The number of halogens is 3. The molecule has 0 spiro atoms. The summed E-state index contributed by atoms with van der Waals surface area (Å²) in [6, 6.07) is 4.57. The Bertz CT molecular complexity index is 818. The summed E-state index contributed by atoms with van der Waals surface area (Å²) in [6.07, 6.45) is 0.133. The van der Waals surface area contributed by atoms with E-state index in [2.05, 4.69) is 20.7 Å². The zero-order valence-corrected chi connectivity index (χ0v) is 17.4. The monoisotopic (exact) mass is 440 g/mol. The first-order valence-electron chi connectivity index (χ1n) is 10.3. The molecule has 1 aliphatic heterocycles. The van der Waals surface area contributed by atoms with Crippen molar-refractivity contribution in [3.63, 3.8) is 0 Å². The molecule has 1 saturated carbocycles. The van der Waals surface area contributed by atoms with E-state index in [4.69, 9.17) is 4.84 Å². The third kappa shape index (κ3) is 6.43. The van der Waals surface area contributed by atoms with Gasteiger partial charge in [0, 0.05) is 30.7 Å². The maximum Gasteiger partial charge on any atom is 0.416 e. The first-order chi connectivity index (χ1) is 14.8. The van der Waals surface area contributed by atoms with E-state index in [1.807, 2.05) is 0 Å². The number of carbonyl (C=O) groups is 2. The van der Waals surface area contributed by atoms with Gasteiger partial charge in [-0.1, -0.05) is 11.2 Å². The van der Waals surface area contributed by atoms with Crippen LogP contribution in [0.3, 0.4) is 0 Å². The molecule has 1 saturated heterocycles. The second-order valence-corrected chi connectivity index (χ2v) is 7.88. The third-order valence-corrected chi connectivity index (χ3v) is 5.72. The number of likely N-dealkylation sites (tertiary alicyclic amines) is 1. The van der Waals surface area contributed by atoms with Gasteiger partial charge in [-0.2, -0.15) is 13.2 Å². The molecule has 0 radical (unpaired) electrons. The highest BCUT2D eigenvalue weighted by Crippen LogP contribution is 2.29. The molecule has 1 aromatic carbocycles. The fourth-order valence-corrected chi connectivity index (χ4v) is 4.14. The van der Waals surface area contributed by atoms with Crippen molar-refractivity contribution in [2.75, 3.05) is 26.7 Å². The highest BCUT2D eigenvalue weighted by molar-refractivity contribution is 5.96. The molecule has 1 aromatic rings. The van der Waals surface area contributed by atoms with Gasteiger partial charge in [0.1, 0.15) is 7.11 Å². The van der Waals surface area contributed by atoms with Crippen molar-refractivity contribution >= 4 is 17.5 Å². The molecule has 0 unspecified atom stereocenters. The second kappa shape index (κ2) is 10.1. The number of oxime groups is 1. The summed E-state index contributed by atoms with van der Waals surface area (Å²) in [6.45, 7) is 1.35. The molecule has 0 aromatic heterocycles. The maximum absolute atomic E-state index is 12.8. The molecule has 10 heteroatoms. The number of benzene rings is 1. The molecule has 7 nitrogen and oxygen atoms in total. The van der Waals surface area contributed by atoms with Gasteiger partial charge in [0.25, 0.3) is 5.91 Å². The molecule has 2 aliphatic rings. The summed E-state index contributed by atoms with van der Waals surface area (Å²) in [4.78, 5) is 31.5. The lowest BCUT2D eigenvalue weighted by atomic mass is 9.93. The van der Waals surface area contributed by atoms with Crippen molar-refractivity contribution in [3.05, 3.63) is 35.4 Å². The predicted octanol–water partition coefficient (Wildman–Crippen LogP) is 2.57. The van der Waals surface area contributed by atoms with Gasteiger partial charge in [-0.05, 0) is 50.3 Å². The van der Waals surface area contributed by atoms with Crippen LogP contribution in [0.15, 0.2) is 29.4 Å². The molecular weight excluding hydrogens is 413 g/mol. The van der Waals surface area contributed by atoms with Crippen molar-refractivity contribution < 1.29 is 27.6 Å². The quantitative estimate of drug-likeness (QED) is 0.666. The van der Waals surface area contributed by atoms with E-state index in [1.54, 1.807) is 7.11 Å². The number of carbonyl (C=O) groups excluding carboxylic acids is 2. The summed E-state index contributed by atoms with van der Waals surface area (Å²) in [5.74, 6) is -1.07. The summed E-state index contributed by atoms with van der Waals surface area (Å²) < 4.78 is 38.3. The van der Waals surface area contributed by atoms with E-state index < -0.39 is 17.6 Å². The number of hydrogen-bond donors (Lipinski definition) is 2. The molecule has 1 heterocycles. The van der Waals surface area contributed by atoms with Crippen LogP contribution >= 0.6 is 0 Å². The highest BCUT2D eigenvalue weighted by Gasteiger charge is 2.32. The minimum Gasteiger partial charge on any atom is -0.399 e. The lowest BCUT2D eigenvalue weighted by molar-refractivity contribution is -0.137. The van der Waals surface area contributed by atoms with Crippen LogP contribution in [-0.4, -0.2) is 61.3 Å². The van der Waals surface area contributed by atoms with E-state index in [0.717, 1.165) is 63.0 Å². The first kappa shape index (κ1) is 23.1. The van der Waals surface area contributed by atoms with Crippen molar-refractivity contribution in [2.24, 2.45) is 5.16 Å². The molecule has 170 valence electrons. The zero-order chi connectivity index (χ0) is 22.4. The van der Waals surface area contributed by atoms with Crippen molar-refractivity contribution in [1.82, 2.24) is 15.5 Å². The Morgan fingerprint density at radius 1 is 1.23 bits per heavy atom. The summed E-state index contributed by atoms with van der Waals surface area (Å²) in [5, 5.41) is 9.31. The van der Waals surface area contributed by atoms with Crippen molar-refractivity contribution in [1.29, 1.82) is 0 Å². The standard InChI is InChI=1S/C21H27F3N4O3/c1-31-27-16-5-7-18(8-6-16)28-10-9-17(13-28)26-19(29)12-25-20(30)14-3-2-4-15(11-14)21(22,23)24/h2-4,11,17-18H,5-10,12-13H2,1H3,(H,25,30)(H,26,29)/t17-,18?/m1/s1. The van der Waals surface area contributed by atoms with Crippen LogP contribution in [-0.2, 0) is 15.8 Å². The van der Waals surface area contributed by atoms with Crippen LogP contribution < -0.4 is 10.6 Å². The maximum atomic E-state index is 12.8. The van der Waals surface area contributed by atoms with Crippen LogP contribution in [0.2, 0.25) is 0 Å². The summed E-state index contributed by atoms with van der Waals surface area (Å²) in [7, 11) is 1.55. The fraction of sp³-hybridized carbons (Fsp3) is 0.571. The lowest BCUT2D eigenvalue weighted by Crippen LogP contribution is -2.44. The predicted molar refractivity (Wildman–Crippen MR) is 109 cm³/mol. The molecule has 2 fully saturated rings. The Morgan fingerprint density at radius 3 is 2.65 bits per heavy atom. The Morgan fingerprint density at radius 2 is 1.97 bits per heavy atom. The average Bonchev–Trinajstić information content (AvgIpc) is 3.20. The van der Waals surface area contributed by atoms with E-state index >= 15 is 0 Å². The van der Waals surface area contributed by atoms with Gasteiger partial charge in [0.2, 0.25) is 5.91 Å². The number of amides is 2. The zero-order valence-electron chi connectivity index (χ0n) is 17.4. The average molecular weight is 440 g/mol. The Hall–Kier alpha value is -2.62. The van der Waals surface area contributed by atoms with Gasteiger partial charge in [-0.3, -0.25) is 14.5 Å². The van der Waals surface area contributed by atoms with E-state index in [0.29, 0.717) is 6.04 Å². The van der Waals surface area contributed by atoms with Crippen LogP contribution in [0.4, 0.5) is 13.2 Å². The smallest absolute Gasteiger partial charge is 0.399 e. The van der Waals surface area contributed by atoms with Gasteiger partial charge in [-0.25, -0.2) is 0 Å². The van der Waals surface area contributed by atoms with E-state index in [-0.39, 0.29) is 24.1 Å². The SMILES string of the molecule is CON=C1CCC(N2CC[C@@H](NC(=O)CNC(=O)c3cccc(C(F)(F)F)c3)C2)CC1. The first-order valence-corrected chi connectivity index (χ1v) is 10.3. The molecule has 1 aliphatic carbocycles. The Labute approximate surface area is 179 Å². The Kier molecular flexibility index (Phi) is 7.53. The normalized spacial score (nSPS) is 22.1. The second-order valence-electron chi connectivity index (χ2n) is 7.88. The topological polar surface area (TPSA) is 83.0 Å². The minimum atomic E-state index is -4.53. The molecule has 2 N–H and O–H groups in total. The molecule has 2 amide bonds. The molecule has 1 atom stereocenters. The third-order valence-electron chi connectivity index (χ3n) is 5.72. The van der Waals surface area contributed by atoms with Crippen molar-refractivity contribution in [3.8, 4) is 0 Å². The van der Waals surface area contributed by atoms with Crippen LogP contribution in [0, 0.1) is 0 Å². The fourth-order valence-electron chi connectivity index (χ4n) is 4.14. The molecule has 31 heavy (non-hydrogen) atoms. The number of nitrogens with zero attached hydrogens (tertiary/aromatic N) is 2. The molecule has 0 bridgehead atoms. The minimum absolute atomic E-state index is 0.00741. The highest BCUT2D eigenvalue weighted by atomic mass is 19.4. The molecular formula is C21H27F3N4O3. The van der Waals surface area contributed by atoms with Gasteiger partial charge in [0.15, 0.2) is 0 Å². The van der Waals surface area contributed by atoms with Gasteiger partial charge < -0.3 is 15.5 Å². The van der Waals surface area contributed by atoms with Gasteiger partial charge in [0.05, 0.1) is 17.8 Å². The van der Waals surface area contributed by atoms with Crippen molar-refractivity contribution in [2.45, 2.75) is 50.4 Å². The number of nitrogens with one attached hydrogen (secondary N) is 2. The Balaban J connectivity index is 1.42. The number of rotatable bonds is 6. The van der Waals surface area contributed by atoms with Gasteiger partial charge >= 0.3 is 6.18 Å². The summed E-state index contributed by atoms with van der Waals surface area (Å²) >= 11 is 0.